The summed E-state index contributed by atoms with van der Waals surface area (Å²) in [7, 11) is 0. The van der Waals surface area contributed by atoms with E-state index in [1.54, 1.807) is 0 Å². The highest BCUT2D eigenvalue weighted by Gasteiger charge is 2.26. The van der Waals surface area contributed by atoms with E-state index in [1.165, 1.54) is 0 Å². The fraction of sp³-hybridized carbons (Fsp3) is 0.500. The monoisotopic (exact) mass is 181 g/mol. The Bertz CT molecular complexity index is 283. The van der Waals surface area contributed by atoms with Crippen molar-refractivity contribution in [1.29, 1.82) is 0 Å². The van der Waals surface area contributed by atoms with E-state index in [9.17, 15) is 9.18 Å². The number of hydrogen-bond acceptors (Lipinski definition) is 1. The quantitative estimate of drug-likeness (QED) is 0.642. The third-order valence-electron chi connectivity index (χ3n) is 2.60. The second-order valence-corrected chi connectivity index (χ2v) is 3.55. The first kappa shape index (κ1) is 8.48. The van der Waals surface area contributed by atoms with E-state index in [0.29, 0.717) is 19.3 Å². The number of carbonyl (C=O) groups excluding carboxylic acids is 1. The molecule has 2 atom stereocenters. The average Bonchev–Trinajstić information content (AvgIpc) is 2.44. The number of rotatable bonds is 2. The van der Waals surface area contributed by atoms with Gasteiger partial charge in [-0.05, 0) is 17.6 Å². The summed E-state index contributed by atoms with van der Waals surface area (Å²) in [5.74, 6) is 0. The van der Waals surface area contributed by atoms with Crippen molar-refractivity contribution in [3.05, 3.63) is 23.3 Å². The summed E-state index contributed by atoms with van der Waals surface area (Å²) in [6, 6.07) is 0.0709. The highest BCUT2D eigenvalue weighted by molar-refractivity contribution is 5.49. The van der Waals surface area contributed by atoms with Gasteiger partial charge in [0.1, 0.15) is 6.17 Å². The van der Waals surface area contributed by atoms with E-state index in [1.807, 2.05) is 12.2 Å². The Kier molecular flexibility index (Phi) is 2.17. The minimum atomic E-state index is -0.715. The molecule has 0 aliphatic heterocycles. The summed E-state index contributed by atoms with van der Waals surface area (Å²) in [5.41, 5.74) is 2.22. The third-order valence-corrected chi connectivity index (χ3v) is 2.60. The van der Waals surface area contributed by atoms with Gasteiger partial charge in [0.15, 0.2) is 0 Å². The maximum absolute atomic E-state index is 13.0. The van der Waals surface area contributed by atoms with Crippen LogP contribution in [0.5, 0.6) is 0 Å². The zero-order chi connectivity index (χ0) is 9.26. The SMILES string of the molecule is O=CNC1C=C2CC(F)CC2=CC1. The van der Waals surface area contributed by atoms with Gasteiger partial charge in [0, 0.05) is 12.8 Å². The molecule has 1 N–H and O–H groups in total. The molecular formula is C10H12FNO. The molecule has 13 heavy (non-hydrogen) atoms. The molecule has 2 unspecified atom stereocenters. The van der Waals surface area contributed by atoms with Gasteiger partial charge in [0.2, 0.25) is 6.41 Å². The van der Waals surface area contributed by atoms with Crippen molar-refractivity contribution >= 4 is 6.41 Å². The summed E-state index contributed by atoms with van der Waals surface area (Å²) >= 11 is 0. The van der Waals surface area contributed by atoms with E-state index >= 15 is 0 Å². The molecule has 0 bridgehead atoms. The van der Waals surface area contributed by atoms with Gasteiger partial charge in [-0.15, -0.1) is 0 Å². The fourth-order valence-corrected chi connectivity index (χ4v) is 1.98. The molecule has 0 aromatic heterocycles. The molecule has 2 rings (SSSR count). The second-order valence-electron chi connectivity index (χ2n) is 3.55. The molecular weight excluding hydrogens is 169 g/mol. The van der Waals surface area contributed by atoms with Gasteiger partial charge in [-0.25, -0.2) is 4.39 Å². The molecule has 0 saturated heterocycles. The summed E-state index contributed by atoms with van der Waals surface area (Å²) < 4.78 is 13.0. The van der Waals surface area contributed by atoms with Gasteiger partial charge < -0.3 is 5.32 Å². The lowest BCUT2D eigenvalue weighted by Gasteiger charge is -2.16. The molecule has 70 valence electrons. The number of allylic oxidation sites excluding steroid dienone is 2. The number of fused-ring (bicyclic) bond motifs is 1. The Morgan fingerprint density at radius 1 is 1.46 bits per heavy atom. The van der Waals surface area contributed by atoms with Crippen LogP contribution in [0.15, 0.2) is 23.3 Å². The van der Waals surface area contributed by atoms with Crippen LogP contribution in [0.25, 0.3) is 0 Å². The molecule has 2 aliphatic rings. The van der Waals surface area contributed by atoms with Crippen molar-refractivity contribution in [3.63, 3.8) is 0 Å². The predicted octanol–water partition coefficient (Wildman–Crippen LogP) is 1.49. The van der Waals surface area contributed by atoms with Gasteiger partial charge in [-0.1, -0.05) is 12.2 Å². The Morgan fingerprint density at radius 3 is 3.00 bits per heavy atom. The standard InChI is InChI=1S/C10H12FNO/c11-9-3-7-1-2-10(12-6-13)5-8(7)4-9/h1,5-6,9-10H,2-4H2,(H,12,13). The van der Waals surface area contributed by atoms with E-state index in [4.69, 9.17) is 0 Å². The molecule has 1 saturated carbocycles. The van der Waals surface area contributed by atoms with Crippen LogP contribution in [0.2, 0.25) is 0 Å². The van der Waals surface area contributed by atoms with E-state index < -0.39 is 6.17 Å². The summed E-state index contributed by atoms with van der Waals surface area (Å²) in [4.78, 5) is 10.2. The number of nitrogens with one attached hydrogen (secondary N) is 1. The zero-order valence-corrected chi connectivity index (χ0v) is 7.29. The van der Waals surface area contributed by atoms with E-state index in [-0.39, 0.29) is 6.04 Å². The van der Waals surface area contributed by atoms with E-state index in [2.05, 4.69) is 5.32 Å². The smallest absolute Gasteiger partial charge is 0.207 e. The lowest BCUT2D eigenvalue weighted by molar-refractivity contribution is -0.109. The number of alkyl halides is 1. The van der Waals surface area contributed by atoms with Crippen molar-refractivity contribution in [2.24, 2.45) is 0 Å². The van der Waals surface area contributed by atoms with Crippen molar-refractivity contribution in [1.82, 2.24) is 5.32 Å². The normalized spacial score (nSPS) is 31.8. The van der Waals surface area contributed by atoms with Crippen molar-refractivity contribution in [3.8, 4) is 0 Å². The lowest BCUT2D eigenvalue weighted by atomic mass is 9.97. The highest BCUT2D eigenvalue weighted by atomic mass is 19.1. The number of carbonyl (C=O) groups is 1. The number of halogens is 1. The van der Waals surface area contributed by atoms with Gasteiger partial charge in [-0.2, -0.15) is 0 Å². The Labute approximate surface area is 76.5 Å². The largest absolute Gasteiger partial charge is 0.352 e. The molecule has 1 amide bonds. The minimum Gasteiger partial charge on any atom is -0.352 e. The van der Waals surface area contributed by atoms with Crippen molar-refractivity contribution in [2.45, 2.75) is 31.5 Å². The molecule has 0 heterocycles. The number of hydrogen-bond donors (Lipinski definition) is 1. The van der Waals surface area contributed by atoms with Crippen molar-refractivity contribution < 1.29 is 9.18 Å². The van der Waals surface area contributed by atoms with Gasteiger partial charge in [-0.3, -0.25) is 4.79 Å². The van der Waals surface area contributed by atoms with Gasteiger partial charge in [0.05, 0.1) is 6.04 Å². The summed E-state index contributed by atoms with van der Waals surface area (Å²) in [6.45, 7) is 0. The molecule has 1 fully saturated rings. The Hall–Kier alpha value is -1.12. The third kappa shape index (κ3) is 1.64. The molecule has 0 radical (unpaired) electrons. The maximum Gasteiger partial charge on any atom is 0.207 e. The first-order valence-electron chi connectivity index (χ1n) is 4.53. The fourth-order valence-electron chi connectivity index (χ4n) is 1.98. The van der Waals surface area contributed by atoms with Crippen molar-refractivity contribution in [2.75, 3.05) is 0 Å². The molecule has 0 aromatic carbocycles. The summed E-state index contributed by atoms with van der Waals surface area (Å²) in [5, 5.41) is 2.69. The van der Waals surface area contributed by atoms with Gasteiger partial charge in [0.25, 0.3) is 0 Å². The van der Waals surface area contributed by atoms with Crippen LogP contribution < -0.4 is 5.32 Å². The first-order valence-corrected chi connectivity index (χ1v) is 4.53. The Morgan fingerprint density at radius 2 is 2.23 bits per heavy atom. The molecule has 2 nitrogen and oxygen atoms in total. The van der Waals surface area contributed by atoms with E-state index in [0.717, 1.165) is 17.6 Å². The number of amides is 1. The van der Waals surface area contributed by atoms with Gasteiger partial charge >= 0.3 is 0 Å². The molecule has 0 aromatic rings. The zero-order valence-electron chi connectivity index (χ0n) is 7.29. The molecule has 2 aliphatic carbocycles. The predicted molar refractivity (Wildman–Crippen MR) is 47.9 cm³/mol. The Balaban J connectivity index is 2.11. The molecule has 0 spiro atoms. The van der Waals surface area contributed by atoms with Crippen LogP contribution in [0.4, 0.5) is 4.39 Å². The van der Waals surface area contributed by atoms with Crippen LogP contribution in [-0.4, -0.2) is 18.6 Å². The lowest BCUT2D eigenvalue weighted by Crippen LogP contribution is -2.26. The molecule has 3 heteroatoms. The van der Waals surface area contributed by atoms with Crippen LogP contribution in [-0.2, 0) is 4.79 Å². The first-order chi connectivity index (χ1) is 6.29. The van der Waals surface area contributed by atoms with Crippen LogP contribution in [0.1, 0.15) is 19.3 Å². The minimum absolute atomic E-state index is 0.0709. The highest BCUT2D eigenvalue weighted by Crippen LogP contribution is 2.35. The average molecular weight is 181 g/mol. The summed E-state index contributed by atoms with van der Waals surface area (Å²) in [6.07, 6.45) is 5.86. The topological polar surface area (TPSA) is 29.1 Å². The van der Waals surface area contributed by atoms with Crippen LogP contribution >= 0.6 is 0 Å². The van der Waals surface area contributed by atoms with Crippen LogP contribution in [0.3, 0.4) is 0 Å². The van der Waals surface area contributed by atoms with Crippen LogP contribution in [0, 0.1) is 0 Å². The maximum atomic E-state index is 13.0. The second kappa shape index (κ2) is 3.32.